The van der Waals surface area contributed by atoms with Crippen LogP contribution in [0.3, 0.4) is 0 Å². The zero-order valence-corrected chi connectivity index (χ0v) is 19.8. The standard InChI is InChI=1S/C21H35N5O.HI/c1-18(24(3)16-19-7-5-4-6-8-19)15-23-21(22-2)26-10-9-20(17-26)25-11-13-27-14-12-25;/h4-8,18,20H,9-17H2,1-3H3,(H,22,23);1H. The molecule has 0 saturated carbocycles. The first kappa shape index (κ1) is 23.4. The molecule has 158 valence electrons. The molecule has 0 amide bonds. The van der Waals surface area contributed by atoms with Gasteiger partial charge in [-0.15, -0.1) is 24.0 Å². The summed E-state index contributed by atoms with van der Waals surface area (Å²) in [6.45, 7) is 10.1. The second kappa shape index (κ2) is 11.9. The lowest BCUT2D eigenvalue weighted by atomic mass is 10.2. The van der Waals surface area contributed by atoms with Crippen LogP contribution in [-0.2, 0) is 11.3 Å². The van der Waals surface area contributed by atoms with Crippen molar-refractivity contribution in [3.63, 3.8) is 0 Å². The van der Waals surface area contributed by atoms with E-state index in [4.69, 9.17) is 4.74 Å². The first-order valence-corrected chi connectivity index (χ1v) is 10.2. The van der Waals surface area contributed by atoms with E-state index in [1.165, 1.54) is 12.0 Å². The van der Waals surface area contributed by atoms with Crippen LogP contribution in [0.15, 0.2) is 35.3 Å². The molecular weight excluding hydrogens is 465 g/mol. The number of rotatable bonds is 6. The molecule has 2 fully saturated rings. The van der Waals surface area contributed by atoms with E-state index < -0.39 is 0 Å². The monoisotopic (exact) mass is 501 g/mol. The average molecular weight is 501 g/mol. The van der Waals surface area contributed by atoms with Gasteiger partial charge in [0.2, 0.25) is 0 Å². The minimum absolute atomic E-state index is 0. The number of ether oxygens (including phenoxy) is 1. The molecule has 2 saturated heterocycles. The lowest BCUT2D eigenvalue weighted by Crippen LogP contribution is -2.48. The molecule has 2 unspecified atom stereocenters. The zero-order valence-electron chi connectivity index (χ0n) is 17.5. The Kier molecular flexibility index (Phi) is 9.98. The van der Waals surface area contributed by atoms with Crippen LogP contribution in [0.25, 0.3) is 0 Å². The summed E-state index contributed by atoms with van der Waals surface area (Å²) in [4.78, 5) is 11.9. The number of guanidine groups is 1. The number of hydrogen-bond donors (Lipinski definition) is 1. The van der Waals surface area contributed by atoms with Crippen molar-refractivity contribution in [3.05, 3.63) is 35.9 Å². The Hall–Kier alpha value is -0.900. The molecule has 0 bridgehead atoms. The predicted molar refractivity (Wildman–Crippen MR) is 127 cm³/mol. The Balaban J connectivity index is 0.00000280. The molecule has 28 heavy (non-hydrogen) atoms. The van der Waals surface area contributed by atoms with Gasteiger partial charge in [-0.25, -0.2) is 0 Å². The van der Waals surface area contributed by atoms with Gasteiger partial charge in [0.15, 0.2) is 5.96 Å². The molecule has 1 N–H and O–H groups in total. The second-order valence-corrected chi connectivity index (χ2v) is 7.71. The van der Waals surface area contributed by atoms with Crippen molar-refractivity contribution < 1.29 is 4.74 Å². The number of likely N-dealkylation sites (N-methyl/N-ethyl adjacent to an activating group) is 1. The van der Waals surface area contributed by atoms with Gasteiger partial charge in [-0.1, -0.05) is 30.3 Å². The molecule has 2 aliphatic rings. The second-order valence-electron chi connectivity index (χ2n) is 7.71. The van der Waals surface area contributed by atoms with E-state index in [0.717, 1.165) is 58.4 Å². The summed E-state index contributed by atoms with van der Waals surface area (Å²) < 4.78 is 5.49. The van der Waals surface area contributed by atoms with Crippen molar-refractivity contribution >= 4 is 29.9 Å². The smallest absolute Gasteiger partial charge is 0.193 e. The fourth-order valence-electron chi connectivity index (χ4n) is 3.93. The molecule has 1 aromatic carbocycles. The normalized spacial score (nSPS) is 22.2. The zero-order chi connectivity index (χ0) is 19.1. The molecule has 2 aliphatic heterocycles. The van der Waals surface area contributed by atoms with E-state index >= 15 is 0 Å². The highest BCUT2D eigenvalue weighted by Gasteiger charge is 2.30. The third-order valence-electron chi connectivity index (χ3n) is 5.82. The largest absolute Gasteiger partial charge is 0.379 e. The number of likely N-dealkylation sites (tertiary alicyclic amines) is 1. The van der Waals surface area contributed by atoms with Gasteiger partial charge in [0.05, 0.1) is 13.2 Å². The quantitative estimate of drug-likeness (QED) is 0.368. The summed E-state index contributed by atoms with van der Waals surface area (Å²) in [5.41, 5.74) is 1.35. The number of aliphatic imine (C=N–C) groups is 1. The molecular formula is C21H36IN5O. The fourth-order valence-corrected chi connectivity index (χ4v) is 3.93. The van der Waals surface area contributed by atoms with Gasteiger partial charge in [-0.3, -0.25) is 14.8 Å². The first-order chi connectivity index (χ1) is 13.2. The number of morpholine rings is 1. The maximum absolute atomic E-state index is 5.49. The SMILES string of the molecule is CN=C(NCC(C)N(C)Cc1ccccc1)N1CCC(N2CCOCC2)C1.I. The van der Waals surface area contributed by atoms with Crippen molar-refractivity contribution in [1.29, 1.82) is 0 Å². The predicted octanol–water partition coefficient (Wildman–Crippen LogP) is 2.11. The van der Waals surface area contributed by atoms with Gasteiger partial charge in [0.1, 0.15) is 0 Å². The highest BCUT2D eigenvalue weighted by molar-refractivity contribution is 14.0. The van der Waals surface area contributed by atoms with Gasteiger partial charge in [0.25, 0.3) is 0 Å². The number of nitrogens with one attached hydrogen (secondary N) is 1. The van der Waals surface area contributed by atoms with Crippen LogP contribution in [0, 0.1) is 0 Å². The topological polar surface area (TPSA) is 43.3 Å². The minimum Gasteiger partial charge on any atom is -0.379 e. The van der Waals surface area contributed by atoms with E-state index in [1.54, 1.807) is 0 Å². The Morgan fingerprint density at radius 3 is 2.64 bits per heavy atom. The van der Waals surface area contributed by atoms with Crippen molar-refractivity contribution in [2.75, 3.05) is 60.0 Å². The van der Waals surface area contributed by atoms with Crippen LogP contribution in [0.4, 0.5) is 0 Å². The summed E-state index contributed by atoms with van der Waals surface area (Å²) >= 11 is 0. The molecule has 3 rings (SSSR count). The third-order valence-corrected chi connectivity index (χ3v) is 5.82. The molecule has 1 aromatic rings. The van der Waals surface area contributed by atoms with Crippen molar-refractivity contribution in [2.24, 2.45) is 4.99 Å². The third kappa shape index (κ3) is 6.57. The van der Waals surface area contributed by atoms with E-state index in [2.05, 4.69) is 69.3 Å². The molecule has 0 aromatic heterocycles. The molecule has 0 radical (unpaired) electrons. The number of halogens is 1. The lowest BCUT2D eigenvalue weighted by Gasteiger charge is -2.32. The fraction of sp³-hybridized carbons (Fsp3) is 0.667. The number of hydrogen-bond acceptors (Lipinski definition) is 4. The Morgan fingerprint density at radius 2 is 1.96 bits per heavy atom. The van der Waals surface area contributed by atoms with Crippen LogP contribution < -0.4 is 5.32 Å². The van der Waals surface area contributed by atoms with Gasteiger partial charge >= 0.3 is 0 Å². The van der Waals surface area contributed by atoms with E-state index in [9.17, 15) is 0 Å². The van der Waals surface area contributed by atoms with Crippen molar-refractivity contribution in [3.8, 4) is 0 Å². The van der Waals surface area contributed by atoms with E-state index in [-0.39, 0.29) is 24.0 Å². The van der Waals surface area contributed by atoms with Gasteiger partial charge in [-0.05, 0) is 26.0 Å². The summed E-state index contributed by atoms with van der Waals surface area (Å²) in [7, 11) is 4.08. The minimum atomic E-state index is 0. The molecule has 2 atom stereocenters. The summed E-state index contributed by atoms with van der Waals surface area (Å²) in [5, 5.41) is 3.59. The van der Waals surface area contributed by atoms with Gasteiger partial charge in [-0.2, -0.15) is 0 Å². The van der Waals surface area contributed by atoms with Gasteiger partial charge < -0.3 is 15.0 Å². The molecule has 0 aliphatic carbocycles. The van der Waals surface area contributed by atoms with Crippen LogP contribution in [-0.4, -0.2) is 92.8 Å². The Labute approximate surface area is 187 Å². The molecule has 7 heteroatoms. The summed E-state index contributed by atoms with van der Waals surface area (Å²) in [5.74, 6) is 1.03. The first-order valence-electron chi connectivity index (χ1n) is 10.2. The van der Waals surface area contributed by atoms with E-state index in [0.29, 0.717) is 12.1 Å². The van der Waals surface area contributed by atoms with Crippen molar-refractivity contribution in [1.82, 2.24) is 20.0 Å². The van der Waals surface area contributed by atoms with Crippen LogP contribution in [0.5, 0.6) is 0 Å². The molecule has 0 spiro atoms. The summed E-state index contributed by atoms with van der Waals surface area (Å²) in [6.07, 6.45) is 1.21. The average Bonchev–Trinajstić information content (AvgIpc) is 3.20. The van der Waals surface area contributed by atoms with Crippen LogP contribution in [0.2, 0.25) is 0 Å². The van der Waals surface area contributed by atoms with Gasteiger partial charge in [0, 0.05) is 58.4 Å². The number of nitrogens with zero attached hydrogens (tertiary/aromatic N) is 4. The Morgan fingerprint density at radius 1 is 1.25 bits per heavy atom. The number of benzene rings is 1. The summed E-state index contributed by atoms with van der Waals surface area (Å²) in [6, 6.07) is 11.7. The molecule has 2 heterocycles. The maximum Gasteiger partial charge on any atom is 0.193 e. The highest BCUT2D eigenvalue weighted by atomic mass is 127. The van der Waals surface area contributed by atoms with Crippen LogP contribution in [0.1, 0.15) is 18.9 Å². The van der Waals surface area contributed by atoms with E-state index in [1.807, 2.05) is 7.05 Å². The molecule has 6 nitrogen and oxygen atoms in total. The van der Waals surface area contributed by atoms with Crippen molar-refractivity contribution in [2.45, 2.75) is 32.0 Å². The maximum atomic E-state index is 5.49. The highest BCUT2D eigenvalue weighted by Crippen LogP contribution is 2.17. The lowest BCUT2D eigenvalue weighted by molar-refractivity contribution is 0.0195. The Bertz CT molecular complexity index is 594. The van der Waals surface area contributed by atoms with Crippen LogP contribution >= 0.6 is 24.0 Å².